The first-order valence-electron chi connectivity index (χ1n) is 9.12. The van der Waals surface area contributed by atoms with E-state index in [9.17, 15) is 14.0 Å². The highest BCUT2D eigenvalue weighted by atomic mass is 79.9. The van der Waals surface area contributed by atoms with Crippen molar-refractivity contribution in [2.75, 3.05) is 13.2 Å². The Bertz CT molecular complexity index is 1010. The average Bonchev–Trinajstić information content (AvgIpc) is 2.96. The maximum atomic E-state index is 13.1. The highest BCUT2D eigenvalue weighted by Crippen LogP contribution is 2.39. The van der Waals surface area contributed by atoms with Gasteiger partial charge in [0.2, 0.25) is 0 Å². The minimum absolute atomic E-state index is 0.0878. The van der Waals surface area contributed by atoms with Crippen molar-refractivity contribution in [3.05, 3.63) is 75.4 Å². The molecule has 2 amide bonds. The fraction of sp³-hybridized carbons (Fsp3) is 0.182. The van der Waals surface area contributed by atoms with Gasteiger partial charge in [0, 0.05) is 0 Å². The summed E-state index contributed by atoms with van der Waals surface area (Å²) in [7, 11) is 0. The van der Waals surface area contributed by atoms with Gasteiger partial charge in [-0.25, -0.2) is 4.39 Å². The summed E-state index contributed by atoms with van der Waals surface area (Å²) in [5.41, 5.74) is 1.36. The summed E-state index contributed by atoms with van der Waals surface area (Å²) in [5.74, 6) is 0.295. The molecule has 2 aromatic carbocycles. The van der Waals surface area contributed by atoms with Gasteiger partial charge in [0.25, 0.3) is 11.1 Å². The van der Waals surface area contributed by atoms with Crippen LogP contribution in [0.15, 0.2) is 58.4 Å². The van der Waals surface area contributed by atoms with Gasteiger partial charge >= 0.3 is 0 Å². The van der Waals surface area contributed by atoms with Crippen molar-refractivity contribution in [2.45, 2.75) is 13.5 Å². The van der Waals surface area contributed by atoms with Crippen LogP contribution in [0, 0.1) is 5.82 Å². The van der Waals surface area contributed by atoms with E-state index in [0.29, 0.717) is 45.2 Å². The molecule has 0 N–H and O–H groups in total. The number of hydrogen-bond donors (Lipinski definition) is 0. The van der Waals surface area contributed by atoms with E-state index in [-0.39, 0.29) is 17.6 Å². The summed E-state index contributed by atoms with van der Waals surface area (Å²) in [4.78, 5) is 26.6. The van der Waals surface area contributed by atoms with Gasteiger partial charge in [-0.15, -0.1) is 0 Å². The summed E-state index contributed by atoms with van der Waals surface area (Å²) >= 11 is 4.33. The SMILES string of the molecule is C=CCOc1c(Br)cc(C=C2SC(=O)N(Cc3ccc(F)cc3)C2=O)cc1OCC. The number of carbonyl (C=O) groups is 2. The molecule has 1 aliphatic heterocycles. The summed E-state index contributed by atoms with van der Waals surface area (Å²) in [6.07, 6.45) is 3.27. The number of thioether (sulfide) groups is 1. The fourth-order valence-electron chi connectivity index (χ4n) is 2.78. The molecule has 0 bridgehead atoms. The Kier molecular flexibility index (Phi) is 7.33. The number of rotatable bonds is 8. The molecule has 0 aliphatic carbocycles. The number of ether oxygens (including phenoxy) is 2. The molecule has 0 radical (unpaired) electrons. The number of amides is 2. The van der Waals surface area contributed by atoms with Gasteiger partial charge in [-0.3, -0.25) is 14.5 Å². The van der Waals surface area contributed by atoms with Crippen LogP contribution in [-0.4, -0.2) is 29.3 Å². The molecule has 1 saturated heterocycles. The van der Waals surface area contributed by atoms with Crippen LogP contribution in [-0.2, 0) is 11.3 Å². The molecule has 0 aromatic heterocycles. The van der Waals surface area contributed by atoms with Gasteiger partial charge in [0.1, 0.15) is 12.4 Å². The number of imide groups is 1. The largest absolute Gasteiger partial charge is 0.490 e. The molecule has 30 heavy (non-hydrogen) atoms. The van der Waals surface area contributed by atoms with Crippen LogP contribution in [0.25, 0.3) is 6.08 Å². The third-order valence-electron chi connectivity index (χ3n) is 4.10. The molecule has 1 heterocycles. The minimum atomic E-state index is -0.393. The van der Waals surface area contributed by atoms with Crippen LogP contribution >= 0.6 is 27.7 Å². The third-order valence-corrected chi connectivity index (χ3v) is 5.60. The van der Waals surface area contributed by atoms with Crippen LogP contribution in [0.3, 0.4) is 0 Å². The van der Waals surface area contributed by atoms with Crippen LogP contribution in [0.5, 0.6) is 11.5 Å². The Hall–Kier alpha value is -2.58. The molecule has 3 rings (SSSR count). The normalized spacial score (nSPS) is 15.0. The van der Waals surface area contributed by atoms with Gasteiger partial charge in [0.05, 0.1) is 22.5 Å². The quantitative estimate of drug-likeness (QED) is 0.345. The topological polar surface area (TPSA) is 55.8 Å². The van der Waals surface area contributed by atoms with E-state index in [1.807, 2.05) is 6.92 Å². The predicted molar refractivity (Wildman–Crippen MR) is 119 cm³/mol. The molecule has 5 nitrogen and oxygen atoms in total. The summed E-state index contributed by atoms with van der Waals surface area (Å²) in [6.45, 7) is 6.34. The Morgan fingerprint density at radius 2 is 1.93 bits per heavy atom. The number of hydrogen-bond acceptors (Lipinski definition) is 5. The van der Waals surface area contributed by atoms with E-state index >= 15 is 0 Å². The van der Waals surface area contributed by atoms with Gasteiger partial charge < -0.3 is 9.47 Å². The van der Waals surface area contributed by atoms with Crippen LogP contribution in [0.4, 0.5) is 9.18 Å². The van der Waals surface area contributed by atoms with Gasteiger partial charge in [0.15, 0.2) is 11.5 Å². The molecule has 156 valence electrons. The molecule has 0 saturated carbocycles. The standard InChI is InChI=1S/C22H19BrFNO4S/c1-3-9-29-20-17(23)10-15(11-18(20)28-4-2)12-19-21(26)25(22(27)30-19)13-14-5-7-16(24)8-6-14/h3,5-8,10-12H,1,4,9,13H2,2H3. The van der Waals surface area contributed by atoms with Crippen molar-refractivity contribution < 1.29 is 23.5 Å². The molecule has 0 spiro atoms. The van der Waals surface area contributed by atoms with Crippen LogP contribution in [0.2, 0.25) is 0 Å². The minimum Gasteiger partial charge on any atom is -0.490 e. The second kappa shape index (κ2) is 9.95. The van der Waals surface area contributed by atoms with Crippen molar-refractivity contribution in [2.24, 2.45) is 0 Å². The third kappa shape index (κ3) is 5.12. The molecule has 1 fully saturated rings. The fourth-order valence-corrected chi connectivity index (χ4v) is 4.19. The van der Waals surface area contributed by atoms with Gasteiger partial charge in [-0.2, -0.15) is 0 Å². The second-order valence-electron chi connectivity index (χ2n) is 6.26. The maximum Gasteiger partial charge on any atom is 0.293 e. The number of nitrogens with zero attached hydrogens (tertiary/aromatic N) is 1. The number of halogens is 2. The van der Waals surface area contributed by atoms with E-state index in [1.54, 1.807) is 36.4 Å². The Morgan fingerprint density at radius 1 is 1.20 bits per heavy atom. The lowest BCUT2D eigenvalue weighted by atomic mass is 10.1. The van der Waals surface area contributed by atoms with Crippen LogP contribution in [0.1, 0.15) is 18.1 Å². The Labute approximate surface area is 186 Å². The molecule has 0 atom stereocenters. The smallest absolute Gasteiger partial charge is 0.293 e. The van der Waals surface area contributed by atoms with Crippen molar-refractivity contribution in [1.29, 1.82) is 0 Å². The monoisotopic (exact) mass is 491 g/mol. The zero-order valence-corrected chi connectivity index (χ0v) is 18.6. The highest BCUT2D eigenvalue weighted by molar-refractivity contribution is 9.10. The molecular weight excluding hydrogens is 473 g/mol. The number of carbonyl (C=O) groups excluding carboxylic acids is 2. The van der Waals surface area contributed by atoms with Crippen molar-refractivity contribution in [1.82, 2.24) is 4.90 Å². The first-order chi connectivity index (χ1) is 14.4. The zero-order valence-electron chi connectivity index (χ0n) is 16.2. The van der Waals surface area contributed by atoms with Crippen molar-refractivity contribution in [3.63, 3.8) is 0 Å². The molecular formula is C22H19BrFNO4S. The van der Waals surface area contributed by atoms with E-state index in [2.05, 4.69) is 22.5 Å². The summed E-state index contributed by atoms with van der Waals surface area (Å²) in [5, 5.41) is -0.370. The first-order valence-corrected chi connectivity index (χ1v) is 10.7. The summed E-state index contributed by atoms with van der Waals surface area (Å²) < 4.78 is 25.1. The molecule has 8 heteroatoms. The van der Waals surface area contributed by atoms with E-state index in [1.165, 1.54) is 12.1 Å². The predicted octanol–water partition coefficient (Wildman–Crippen LogP) is 5.79. The maximum absolute atomic E-state index is 13.1. The average molecular weight is 492 g/mol. The van der Waals surface area contributed by atoms with E-state index < -0.39 is 5.91 Å². The molecule has 0 unspecified atom stereocenters. The number of benzene rings is 2. The first kappa shape index (κ1) is 22.1. The van der Waals surface area contributed by atoms with Gasteiger partial charge in [-0.05, 0) is 76.1 Å². The second-order valence-corrected chi connectivity index (χ2v) is 8.10. The Morgan fingerprint density at radius 3 is 2.60 bits per heavy atom. The highest BCUT2D eigenvalue weighted by Gasteiger charge is 2.35. The van der Waals surface area contributed by atoms with Crippen molar-refractivity contribution in [3.8, 4) is 11.5 Å². The van der Waals surface area contributed by atoms with E-state index in [4.69, 9.17) is 9.47 Å². The van der Waals surface area contributed by atoms with E-state index in [0.717, 1.165) is 16.7 Å². The lowest BCUT2D eigenvalue weighted by Gasteiger charge is -2.14. The molecule has 2 aromatic rings. The summed E-state index contributed by atoms with van der Waals surface area (Å²) in [6, 6.07) is 9.24. The van der Waals surface area contributed by atoms with Gasteiger partial charge in [-0.1, -0.05) is 24.8 Å². The molecule has 1 aliphatic rings. The zero-order chi connectivity index (χ0) is 21.7. The lowest BCUT2D eigenvalue weighted by molar-refractivity contribution is -0.123. The lowest BCUT2D eigenvalue weighted by Crippen LogP contribution is -2.27. The van der Waals surface area contributed by atoms with Crippen LogP contribution < -0.4 is 9.47 Å². The van der Waals surface area contributed by atoms with Crippen molar-refractivity contribution >= 4 is 44.9 Å². The Balaban J connectivity index is 1.85.